The summed E-state index contributed by atoms with van der Waals surface area (Å²) in [5, 5.41) is 19.8. The van der Waals surface area contributed by atoms with Gasteiger partial charge in [0.05, 0.1) is 10.5 Å². The average molecular weight is 261 g/mol. The molecule has 0 unspecified atom stereocenters. The van der Waals surface area contributed by atoms with Crippen molar-refractivity contribution in [3.63, 3.8) is 0 Å². The van der Waals surface area contributed by atoms with Gasteiger partial charge in [-0.05, 0) is 12.1 Å². The molecule has 0 bridgehead atoms. The van der Waals surface area contributed by atoms with Crippen molar-refractivity contribution in [2.75, 3.05) is 0 Å². The molecule has 5 nitrogen and oxygen atoms in total. The van der Waals surface area contributed by atoms with E-state index in [1.807, 2.05) is 0 Å². The van der Waals surface area contributed by atoms with Crippen LogP contribution in [0.4, 0.5) is 10.1 Å². The molecule has 0 saturated heterocycles. The van der Waals surface area contributed by atoms with Crippen molar-refractivity contribution in [1.29, 1.82) is 0 Å². The SMILES string of the molecule is O=C(O)c1ccc([N+](=O)[O-])cc1-c1ccccc1F. The Kier molecular flexibility index (Phi) is 3.24. The van der Waals surface area contributed by atoms with Crippen LogP contribution in [-0.4, -0.2) is 16.0 Å². The van der Waals surface area contributed by atoms with E-state index in [0.29, 0.717) is 0 Å². The van der Waals surface area contributed by atoms with E-state index in [9.17, 15) is 19.3 Å². The smallest absolute Gasteiger partial charge is 0.336 e. The number of nitro benzene ring substituents is 1. The molecule has 1 N–H and O–H groups in total. The van der Waals surface area contributed by atoms with Gasteiger partial charge in [0.2, 0.25) is 0 Å². The molecule has 0 aliphatic rings. The number of nitrogens with zero attached hydrogens (tertiary/aromatic N) is 1. The van der Waals surface area contributed by atoms with Crippen LogP contribution in [0.1, 0.15) is 10.4 Å². The van der Waals surface area contributed by atoms with Crippen LogP contribution in [0, 0.1) is 15.9 Å². The molecule has 0 aliphatic carbocycles. The Hall–Kier alpha value is -2.76. The lowest BCUT2D eigenvalue weighted by atomic mass is 9.98. The molecular weight excluding hydrogens is 253 g/mol. The van der Waals surface area contributed by atoms with Crippen molar-refractivity contribution < 1.29 is 19.2 Å². The molecule has 2 aromatic rings. The van der Waals surface area contributed by atoms with Gasteiger partial charge in [-0.2, -0.15) is 0 Å². The molecule has 0 amide bonds. The Morgan fingerprint density at radius 2 is 1.84 bits per heavy atom. The lowest BCUT2D eigenvalue weighted by Gasteiger charge is -2.07. The van der Waals surface area contributed by atoms with Crippen LogP contribution < -0.4 is 0 Å². The van der Waals surface area contributed by atoms with Gasteiger partial charge in [-0.25, -0.2) is 9.18 Å². The maximum absolute atomic E-state index is 13.7. The van der Waals surface area contributed by atoms with Gasteiger partial charge in [0.15, 0.2) is 0 Å². The van der Waals surface area contributed by atoms with E-state index in [-0.39, 0.29) is 22.4 Å². The van der Waals surface area contributed by atoms with Crippen molar-refractivity contribution in [2.45, 2.75) is 0 Å². The molecule has 19 heavy (non-hydrogen) atoms. The summed E-state index contributed by atoms with van der Waals surface area (Å²) in [6, 6.07) is 8.76. The molecule has 0 fully saturated rings. The molecule has 0 radical (unpaired) electrons. The minimum absolute atomic E-state index is 0.0141. The highest BCUT2D eigenvalue weighted by Crippen LogP contribution is 2.29. The zero-order valence-corrected chi connectivity index (χ0v) is 9.54. The van der Waals surface area contributed by atoms with Gasteiger partial charge in [-0.15, -0.1) is 0 Å². The Labute approximate surface area is 107 Å². The monoisotopic (exact) mass is 261 g/mol. The number of carboxylic acid groups (broad SMARTS) is 1. The van der Waals surface area contributed by atoms with Gasteiger partial charge >= 0.3 is 5.97 Å². The normalized spacial score (nSPS) is 10.2. The summed E-state index contributed by atoms with van der Waals surface area (Å²) >= 11 is 0. The Balaban J connectivity index is 2.72. The molecule has 0 aromatic heterocycles. The fraction of sp³-hybridized carbons (Fsp3) is 0. The van der Waals surface area contributed by atoms with E-state index >= 15 is 0 Å². The van der Waals surface area contributed by atoms with Crippen LogP contribution in [-0.2, 0) is 0 Å². The highest BCUT2D eigenvalue weighted by atomic mass is 19.1. The fourth-order valence-corrected chi connectivity index (χ4v) is 1.73. The Morgan fingerprint density at radius 3 is 2.42 bits per heavy atom. The zero-order chi connectivity index (χ0) is 14.0. The van der Waals surface area contributed by atoms with E-state index < -0.39 is 16.7 Å². The number of hydrogen-bond acceptors (Lipinski definition) is 3. The number of non-ortho nitro benzene ring substituents is 1. The first-order valence-corrected chi connectivity index (χ1v) is 5.27. The van der Waals surface area contributed by atoms with Crippen LogP contribution >= 0.6 is 0 Å². The van der Waals surface area contributed by atoms with Crippen LogP contribution in [0.5, 0.6) is 0 Å². The van der Waals surface area contributed by atoms with Gasteiger partial charge < -0.3 is 5.11 Å². The van der Waals surface area contributed by atoms with Gasteiger partial charge in [0, 0.05) is 23.3 Å². The quantitative estimate of drug-likeness (QED) is 0.680. The summed E-state index contributed by atoms with van der Waals surface area (Å²) in [6.45, 7) is 0. The summed E-state index contributed by atoms with van der Waals surface area (Å²) in [5.41, 5.74) is -0.470. The summed E-state index contributed by atoms with van der Waals surface area (Å²) in [4.78, 5) is 21.2. The Morgan fingerprint density at radius 1 is 1.16 bits per heavy atom. The maximum atomic E-state index is 13.7. The number of hydrogen-bond donors (Lipinski definition) is 1. The van der Waals surface area contributed by atoms with Crippen LogP contribution in [0.3, 0.4) is 0 Å². The Bertz CT molecular complexity index is 669. The highest BCUT2D eigenvalue weighted by Gasteiger charge is 2.18. The minimum Gasteiger partial charge on any atom is -0.478 e. The number of carbonyl (C=O) groups is 1. The number of carboxylic acids is 1. The second-order valence-corrected chi connectivity index (χ2v) is 3.77. The summed E-state index contributed by atoms with van der Waals surface area (Å²) in [7, 11) is 0. The predicted molar refractivity (Wildman–Crippen MR) is 65.4 cm³/mol. The summed E-state index contributed by atoms with van der Waals surface area (Å²) < 4.78 is 13.7. The largest absolute Gasteiger partial charge is 0.478 e. The lowest BCUT2D eigenvalue weighted by molar-refractivity contribution is -0.384. The predicted octanol–water partition coefficient (Wildman–Crippen LogP) is 3.10. The maximum Gasteiger partial charge on any atom is 0.336 e. The fourth-order valence-electron chi connectivity index (χ4n) is 1.73. The molecule has 0 heterocycles. The first-order chi connectivity index (χ1) is 9.00. The minimum atomic E-state index is -1.27. The lowest BCUT2D eigenvalue weighted by Crippen LogP contribution is -2.01. The molecule has 96 valence electrons. The number of rotatable bonds is 3. The summed E-state index contributed by atoms with van der Waals surface area (Å²) in [6.07, 6.45) is 0. The molecule has 0 saturated carbocycles. The van der Waals surface area contributed by atoms with Crippen molar-refractivity contribution >= 4 is 11.7 Å². The van der Waals surface area contributed by atoms with Crippen LogP contribution in [0.2, 0.25) is 0 Å². The second kappa shape index (κ2) is 4.85. The topological polar surface area (TPSA) is 80.4 Å². The van der Waals surface area contributed by atoms with E-state index in [0.717, 1.165) is 18.2 Å². The number of aromatic carboxylic acids is 1. The van der Waals surface area contributed by atoms with E-state index in [1.54, 1.807) is 0 Å². The van der Waals surface area contributed by atoms with E-state index in [4.69, 9.17) is 5.11 Å². The number of benzene rings is 2. The van der Waals surface area contributed by atoms with Crippen molar-refractivity contribution in [2.24, 2.45) is 0 Å². The molecular formula is C13H8FNO4. The van der Waals surface area contributed by atoms with Crippen LogP contribution in [0.15, 0.2) is 42.5 Å². The third kappa shape index (κ3) is 2.42. The van der Waals surface area contributed by atoms with Crippen LogP contribution in [0.25, 0.3) is 11.1 Å². The van der Waals surface area contributed by atoms with E-state index in [1.165, 1.54) is 24.3 Å². The van der Waals surface area contributed by atoms with Gasteiger partial charge in [-0.3, -0.25) is 10.1 Å². The molecule has 2 rings (SSSR count). The van der Waals surface area contributed by atoms with Gasteiger partial charge in [0.1, 0.15) is 5.82 Å². The molecule has 2 aromatic carbocycles. The molecule has 0 aliphatic heterocycles. The highest BCUT2D eigenvalue weighted by molar-refractivity contribution is 5.96. The van der Waals surface area contributed by atoms with E-state index in [2.05, 4.69) is 0 Å². The number of halogens is 1. The third-order valence-corrected chi connectivity index (χ3v) is 2.61. The molecule has 0 spiro atoms. The summed E-state index contributed by atoms with van der Waals surface area (Å²) in [5.74, 6) is -1.90. The first-order valence-electron chi connectivity index (χ1n) is 5.27. The van der Waals surface area contributed by atoms with Gasteiger partial charge in [0.25, 0.3) is 5.69 Å². The zero-order valence-electron chi connectivity index (χ0n) is 9.54. The van der Waals surface area contributed by atoms with Crippen molar-refractivity contribution in [1.82, 2.24) is 0 Å². The molecule has 0 atom stereocenters. The second-order valence-electron chi connectivity index (χ2n) is 3.77. The standard InChI is InChI=1S/C13H8FNO4/c14-12-4-2-1-3-9(12)11-7-8(15(18)19)5-6-10(11)13(16)17/h1-7H,(H,16,17). The molecule has 6 heteroatoms. The first kappa shape index (κ1) is 12.7. The third-order valence-electron chi connectivity index (χ3n) is 2.61. The van der Waals surface area contributed by atoms with Gasteiger partial charge in [-0.1, -0.05) is 18.2 Å². The number of nitro groups is 1. The van der Waals surface area contributed by atoms with Crippen molar-refractivity contribution in [3.05, 3.63) is 64.0 Å². The van der Waals surface area contributed by atoms with Crippen molar-refractivity contribution in [3.8, 4) is 11.1 Å². The average Bonchev–Trinajstić information content (AvgIpc) is 2.38.